The SMILES string of the molecule is CC1(C(=O)O)C2CCCC1CN(Cc1ccc3c(c1)Nc1nccnc1S3)C2. The molecule has 2 aromatic rings. The van der Waals surface area contributed by atoms with E-state index in [9.17, 15) is 9.90 Å². The minimum absolute atomic E-state index is 0.242. The number of fused-ring (bicyclic) bond motifs is 4. The third kappa shape index (κ3) is 2.88. The number of carboxylic acids is 1. The van der Waals surface area contributed by atoms with Crippen LogP contribution in [-0.2, 0) is 11.3 Å². The highest BCUT2D eigenvalue weighted by Crippen LogP contribution is 2.49. The molecule has 0 radical (unpaired) electrons. The van der Waals surface area contributed by atoms with Crippen LogP contribution in [-0.4, -0.2) is 39.0 Å². The van der Waals surface area contributed by atoms with Crippen LogP contribution in [0, 0.1) is 17.3 Å². The lowest BCUT2D eigenvalue weighted by molar-refractivity contribution is -0.165. The minimum Gasteiger partial charge on any atom is -0.481 e. The average molecular weight is 397 g/mol. The zero-order valence-corrected chi connectivity index (χ0v) is 16.7. The monoisotopic (exact) mass is 396 g/mol. The quantitative estimate of drug-likeness (QED) is 0.692. The van der Waals surface area contributed by atoms with E-state index in [4.69, 9.17) is 0 Å². The van der Waals surface area contributed by atoms with Gasteiger partial charge in [0.1, 0.15) is 5.03 Å². The third-order valence-electron chi connectivity index (χ3n) is 6.79. The highest BCUT2D eigenvalue weighted by molar-refractivity contribution is 7.99. The molecule has 2 bridgehead atoms. The molecule has 1 aromatic heterocycles. The van der Waals surface area contributed by atoms with Gasteiger partial charge in [0.25, 0.3) is 0 Å². The number of aliphatic carboxylic acids is 1. The molecule has 0 spiro atoms. The second-order valence-electron chi connectivity index (χ2n) is 8.37. The zero-order chi connectivity index (χ0) is 19.3. The van der Waals surface area contributed by atoms with Crippen LogP contribution in [0.1, 0.15) is 31.7 Å². The summed E-state index contributed by atoms with van der Waals surface area (Å²) >= 11 is 1.64. The Bertz CT molecular complexity index is 920. The van der Waals surface area contributed by atoms with E-state index in [1.807, 2.05) is 6.92 Å². The van der Waals surface area contributed by atoms with Crippen molar-refractivity contribution >= 4 is 29.2 Å². The predicted molar refractivity (Wildman–Crippen MR) is 108 cm³/mol. The lowest BCUT2D eigenvalue weighted by atomic mass is 9.58. The molecule has 28 heavy (non-hydrogen) atoms. The minimum atomic E-state index is -0.614. The molecule has 1 saturated carbocycles. The summed E-state index contributed by atoms with van der Waals surface area (Å²) in [5.41, 5.74) is 1.75. The summed E-state index contributed by atoms with van der Waals surface area (Å²) < 4.78 is 0. The predicted octanol–water partition coefficient (Wildman–Crippen LogP) is 4.01. The molecule has 3 aliphatic rings. The van der Waals surface area contributed by atoms with Gasteiger partial charge in [0, 0.05) is 36.9 Å². The highest BCUT2D eigenvalue weighted by Gasteiger charge is 2.53. The van der Waals surface area contributed by atoms with Gasteiger partial charge in [-0.15, -0.1) is 0 Å². The second kappa shape index (κ2) is 6.74. The number of likely N-dealkylation sites (tertiary alicyclic amines) is 1. The lowest BCUT2D eigenvalue weighted by Gasteiger charge is -2.52. The number of piperidine rings is 1. The van der Waals surface area contributed by atoms with Gasteiger partial charge in [0.15, 0.2) is 5.82 Å². The van der Waals surface area contributed by atoms with E-state index in [1.54, 1.807) is 24.2 Å². The first-order chi connectivity index (χ1) is 13.5. The molecule has 2 aliphatic heterocycles. The van der Waals surface area contributed by atoms with Gasteiger partial charge >= 0.3 is 5.97 Å². The van der Waals surface area contributed by atoms with Crippen LogP contribution in [0.2, 0.25) is 0 Å². The summed E-state index contributed by atoms with van der Waals surface area (Å²) in [5.74, 6) is 0.676. The summed E-state index contributed by atoms with van der Waals surface area (Å²) in [6.07, 6.45) is 6.62. The Balaban J connectivity index is 1.34. The van der Waals surface area contributed by atoms with E-state index in [-0.39, 0.29) is 11.8 Å². The van der Waals surface area contributed by atoms with Gasteiger partial charge in [-0.2, -0.15) is 0 Å². The number of carboxylic acid groups (broad SMARTS) is 1. The topological polar surface area (TPSA) is 78.4 Å². The molecule has 146 valence electrons. The van der Waals surface area contributed by atoms with Gasteiger partial charge in [-0.1, -0.05) is 24.2 Å². The smallest absolute Gasteiger partial charge is 0.310 e. The van der Waals surface area contributed by atoms with Crippen molar-refractivity contribution in [1.82, 2.24) is 14.9 Å². The second-order valence-corrected chi connectivity index (χ2v) is 9.41. The number of benzene rings is 1. The number of nitrogens with zero attached hydrogens (tertiary/aromatic N) is 3. The van der Waals surface area contributed by atoms with E-state index in [0.717, 1.165) is 60.3 Å². The lowest BCUT2D eigenvalue weighted by Crippen LogP contribution is -2.57. The maximum Gasteiger partial charge on any atom is 0.310 e. The molecule has 3 heterocycles. The molecule has 2 N–H and O–H groups in total. The van der Waals surface area contributed by atoms with Crippen molar-refractivity contribution in [3.05, 3.63) is 36.2 Å². The number of hydrogen-bond acceptors (Lipinski definition) is 6. The van der Waals surface area contributed by atoms with Crippen molar-refractivity contribution in [2.24, 2.45) is 17.3 Å². The molecule has 5 rings (SSSR count). The Labute approximate surface area is 168 Å². The van der Waals surface area contributed by atoms with Crippen LogP contribution in [0.3, 0.4) is 0 Å². The number of carbonyl (C=O) groups is 1. The van der Waals surface area contributed by atoms with Crippen LogP contribution in [0.15, 0.2) is 40.5 Å². The Hall–Kier alpha value is -2.12. The Morgan fingerprint density at radius 2 is 2.04 bits per heavy atom. The summed E-state index contributed by atoms with van der Waals surface area (Å²) in [5, 5.41) is 14.1. The number of nitrogens with one attached hydrogen (secondary N) is 1. The average Bonchev–Trinajstić information content (AvgIpc) is 2.67. The largest absolute Gasteiger partial charge is 0.481 e. The summed E-state index contributed by atoms with van der Waals surface area (Å²) in [4.78, 5) is 24.3. The van der Waals surface area contributed by atoms with Crippen molar-refractivity contribution in [2.45, 2.75) is 42.7 Å². The first-order valence-electron chi connectivity index (χ1n) is 9.88. The Morgan fingerprint density at radius 3 is 2.79 bits per heavy atom. The van der Waals surface area contributed by atoms with Crippen molar-refractivity contribution < 1.29 is 9.90 Å². The van der Waals surface area contributed by atoms with E-state index in [1.165, 1.54) is 5.56 Å². The van der Waals surface area contributed by atoms with Crippen LogP contribution < -0.4 is 5.32 Å². The number of anilines is 2. The molecular formula is C21H24N4O2S. The van der Waals surface area contributed by atoms with Crippen molar-refractivity contribution in [3.8, 4) is 0 Å². The van der Waals surface area contributed by atoms with Gasteiger partial charge in [-0.25, -0.2) is 9.97 Å². The fraction of sp³-hybridized carbons (Fsp3) is 0.476. The standard InChI is InChI=1S/C21H24N4O2S/c1-21(20(26)27)14-3-2-4-15(21)12-25(11-14)10-13-5-6-17-16(9-13)24-18-19(28-17)23-8-7-22-18/h5-9,14-15H,2-4,10-12H2,1H3,(H,22,24)(H,26,27). The van der Waals surface area contributed by atoms with E-state index < -0.39 is 11.4 Å². The molecule has 7 heteroatoms. The van der Waals surface area contributed by atoms with Gasteiger partial charge in [-0.3, -0.25) is 9.69 Å². The van der Waals surface area contributed by atoms with Crippen molar-refractivity contribution in [2.75, 3.05) is 18.4 Å². The van der Waals surface area contributed by atoms with Crippen LogP contribution in [0.4, 0.5) is 11.5 Å². The molecule has 2 atom stereocenters. The third-order valence-corrected chi connectivity index (χ3v) is 7.86. The Kier molecular flexibility index (Phi) is 4.32. The van der Waals surface area contributed by atoms with E-state index >= 15 is 0 Å². The molecule has 2 unspecified atom stereocenters. The highest BCUT2D eigenvalue weighted by atomic mass is 32.2. The first kappa shape index (κ1) is 17.9. The van der Waals surface area contributed by atoms with Crippen LogP contribution in [0.5, 0.6) is 0 Å². The molecule has 1 aliphatic carbocycles. The van der Waals surface area contributed by atoms with Gasteiger partial charge < -0.3 is 10.4 Å². The maximum atomic E-state index is 12.0. The molecule has 0 amide bonds. The summed E-state index contributed by atoms with van der Waals surface area (Å²) in [6.45, 7) is 4.56. The molecular weight excluding hydrogens is 372 g/mol. The van der Waals surface area contributed by atoms with E-state index in [2.05, 4.69) is 38.4 Å². The molecule has 1 aromatic carbocycles. The molecule has 6 nitrogen and oxygen atoms in total. The molecule has 1 saturated heterocycles. The first-order valence-corrected chi connectivity index (χ1v) is 10.7. The fourth-order valence-electron chi connectivity index (χ4n) is 5.12. The van der Waals surface area contributed by atoms with Crippen molar-refractivity contribution in [1.29, 1.82) is 0 Å². The number of aromatic nitrogens is 2. The maximum absolute atomic E-state index is 12.0. The summed E-state index contributed by atoms with van der Waals surface area (Å²) in [7, 11) is 0. The normalized spacial score (nSPS) is 28.8. The molecule has 2 fully saturated rings. The number of rotatable bonds is 3. The van der Waals surface area contributed by atoms with Gasteiger partial charge in [0.05, 0.1) is 11.1 Å². The summed E-state index contributed by atoms with van der Waals surface area (Å²) in [6, 6.07) is 6.52. The van der Waals surface area contributed by atoms with Crippen LogP contribution in [0.25, 0.3) is 0 Å². The Morgan fingerprint density at radius 1 is 1.29 bits per heavy atom. The van der Waals surface area contributed by atoms with Crippen molar-refractivity contribution in [3.63, 3.8) is 0 Å². The van der Waals surface area contributed by atoms with Gasteiger partial charge in [-0.05, 0) is 49.3 Å². The van der Waals surface area contributed by atoms with Gasteiger partial charge in [0.2, 0.25) is 0 Å². The fourth-order valence-corrected chi connectivity index (χ4v) is 6.00. The number of hydrogen-bond donors (Lipinski definition) is 2. The zero-order valence-electron chi connectivity index (χ0n) is 15.9. The van der Waals surface area contributed by atoms with Crippen LogP contribution >= 0.6 is 11.8 Å². The van der Waals surface area contributed by atoms with E-state index in [0.29, 0.717) is 0 Å².